The Kier molecular flexibility index (Phi) is 2.74. The Morgan fingerprint density at radius 2 is 1.96 bits per heavy atom. The van der Waals surface area contributed by atoms with Crippen molar-refractivity contribution in [3.63, 3.8) is 0 Å². The third kappa shape index (κ3) is 1.91. The van der Waals surface area contributed by atoms with E-state index in [2.05, 4.69) is 14.8 Å². The number of piperidine rings is 3. The molecule has 3 fully saturated rings. The van der Waals surface area contributed by atoms with Gasteiger partial charge in [0.1, 0.15) is 5.75 Å². The Labute approximate surface area is 134 Å². The molecular weight excluding hydrogens is 292 g/mol. The molecule has 4 aliphatic heterocycles. The third-order valence-corrected chi connectivity index (χ3v) is 5.79. The highest BCUT2D eigenvalue weighted by Crippen LogP contribution is 2.34. The number of hydrogen-bond donors (Lipinski definition) is 1. The number of rotatable bonds is 1. The second-order valence-corrected chi connectivity index (χ2v) is 7.00. The monoisotopic (exact) mass is 312 g/mol. The van der Waals surface area contributed by atoms with Crippen LogP contribution in [0.2, 0.25) is 0 Å². The van der Waals surface area contributed by atoms with E-state index in [-0.39, 0.29) is 11.7 Å². The molecule has 1 atom stereocenters. The van der Waals surface area contributed by atoms with Crippen molar-refractivity contribution in [2.45, 2.75) is 25.4 Å². The summed E-state index contributed by atoms with van der Waals surface area (Å²) in [6, 6.07) is 3.54. The van der Waals surface area contributed by atoms with Gasteiger partial charge < -0.3 is 19.5 Å². The number of imidazole rings is 1. The number of benzene rings is 1. The number of fused-ring (bicyclic) bond motifs is 3. The van der Waals surface area contributed by atoms with E-state index >= 15 is 0 Å². The molecule has 5 heterocycles. The van der Waals surface area contributed by atoms with E-state index in [0.717, 1.165) is 25.2 Å². The maximum atomic E-state index is 13.2. The number of aromatic hydroxyl groups is 1. The van der Waals surface area contributed by atoms with Crippen molar-refractivity contribution >= 4 is 16.9 Å². The molecule has 0 spiro atoms. The third-order valence-electron chi connectivity index (χ3n) is 5.79. The average Bonchev–Trinajstić information content (AvgIpc) is 2.91. The van der Waals surface area contributed by atoms with E-state index in [4.69, 9.17) is 0 Å². The lowest BCUT2D eigenvalue weighted by Gasteiger charge is -2.48. The van der Waals surface area contributed by atoms with Crippen LogP contribution in [0.4, 0.5) is 0 Å². The molecule has 0 saturated carbocycles. The Morgan fingerprint density at radius 1 is 1.13 bits per heavy atom. The molecule has 2 aromatic rings. The zero-order valence-corrected chi connectivity index (χ0v) is 13.0. The molecule has 1 N–H and O–H groups in total. The van der Waals surface area contributed by atoms with Gasteiger partial charge in [-0.05, 0) is 37.9 Å². The molecule has 1 aromatic heterocycles. The minimum atomic E-state index is 0.0453. The SMILES string of the molecule is O=C1c2cc(O)cc3ncn(c23)CCN1C1CN2CCC1CC2. The molecule has 6 rings (SSSR count). The molecule has 2 bridgehead atoms. The first kappa shape index (κ1) is 13.4. The summed E-state index contributed by atoms with van der Waals surface area (Å²) in [5.74, 6) is 0.776. The number of amides is 1. The van der Waals surface area contributed by atoms with Crippen LogP contribution >= 0.6 is 0 Å². The topological polar surface area (TPSA) is 61.6 Å². The van der Waals surface area contributed by atoms with Crippen molar-refractivity contribution in [3.05, 3.63) is 24.0 Å². The van der Waals surface area contributed by atoms with E-state index in [1.54, 1.807) is 18.5 Å². The molecule has 120 valence electrons. The molecule has 6 nitrogen and oxygen atoms in total. The van der Waals surface area contributed by atoms with Crippen molar-refractivity contribution in [2.24, 2.45) is 5.92 Å². The standard InChI is InChI=1S/C17H20N4O2/c22-12-7-13-16-14(8-12)18-10-20(16)5-6-21(17(13)23)15-9-19-3-1-11(15)2-4-19/h7-8,10-11,15,22H,1-6,9H2. The fraction of sp³-hybridized carbons (Fsp3) is 0.529. The van der Waals surface area contributed by atoms with Crippen molar-refractivity contribution in [3.8, 4) is 5.75 Å². The van der Waals surface area contributed by atoms with Crippen LogP contribution in [0.3, 0.4) is 0 Å². The van der Waals surface area contributed by atoms with E-state index in [1.807, 2.05) is 4.57 Å². The van der Waals surface area contributed by atoms with E-state index in [1.165, 1.54) is 25.9 Å². The zero-order chi connectivity index (χ0) is 15.6. The van der Waals surface area contributed by atoms with Crippen LogP contribution in [0.15, 0.2) is 18.5 Å². The van der Waals surface area contributed by atoms with Gasteiger partial charge in [-0.2, -0.15) is 0 Å². The lowest BCUT2D eigenvalue weighted by Crippen LogP contribution is -2.58. The summed E-state index contributed by atoms with van der Waals surface area (Å²) < 4.78 is 2.05. The summed E-state index contributed by atoms with van der Waals surface area (Å²) in [4.78, 5) is 22.1. The van der Waals surface area contributed by atoms with Crippen LogP contribution in [0.25, 0.3) is 11.0 Å². The van der Waals surface area contributed by atoms with Crippen LogP contribution in [0, 0.1) is 5.92 Å². The molecule has 1 amide bonds. The average molecular weight is 312 g/mol. The van der Waals surface area contributed by atoms with Crippen LogP contribution in [-0.4, -0.2) is 62.6 Å². The van der Waals surface area contributed by atoms with Crippen molar-refractivity contribution in [1.82, 2.24) is 19.4 Å². The number of nitrogens with zero attached hydrogens (tertiary/aromatic N) is 4. The van der Waals surface area contributed by atoms with Gasteiger partial charge in [0.2, 0.25) is 0 Å². The Morgan fingerprint density at radius 3 is 2.70 bits per heavy atom. The zero-order valence-electron chi connectivity index (χ0n) is 13.0. The van der Waals surface area contributed by atoms with Crippen LogP contribution in [0.5, 0.6) is 5.75 Å². The van der Waals surface area contributed by atoms with E-state index in [9.17, 15) is 9.90 Å². The van der Waals surface area contributed by atoms with E-state index < -0.39 is 0 Å². The summed E-state index contributed by atoms with van der Waals surface area (Å²) in [7, 11) is 0. The number of carbonyl (C=O) groups is 1. The number of carbonyl (C=O) groups excluding carboxylic acids is 1. The lowest BCUT2D eigenvalue weighted by atomic mass is 9.83. The molecular formula is C17H20N4O2. The maximum absolute atomic E-state index is 13.2. The van der Waals surface area contributed by atoms with Gasteiger partial charge in [0.05, 0.1) is 22.9 Å². The summed E-state index contributed by atoms with van der Waals surface area (Å²) >= 11 is 0. The molecule has 6 heteroatoms. The molecule has 23 heavy (non-hydrogen) atoms. The van der Waals surface area contributed by atoms with Gasteiger partial charge in [-0.3, -0.25) is 4.79 Å². The molecule has 0 radical (unpaired) electrons. The van der Waals surface area contributed by atoms with Gasteiger partial charge in [0.25, 0.3) is 5.91 Å². The van der Waals surface area contributed by atoms with Gasteiger partial charge in [-0.25, -0.2) is 4.98 Å². The normalized spacial score (nSPS) is 30.0. The predicted octanol–water partition coefficient (Wildman–Crippen LogP) is 1.29. The Balaban J connectivity index is 1.58. The number of hydrogen-bond acceptors (Lipinski definition) is 4. The van der Waals surface area contributed by atoms with Crippen LogP contribution in [0.1, 0.15) is 23.2 Å². The summed E-state index contributed by atoms with van der Waals surface area (Å²) in [6.45, 7) is 4.82. The largest absolute Gasteiger partial charge is 0.508 e. The van der Waals surface area contributed by atoms with Crippen molar-refractivity contribution in [2.75, 3.05) is 26.2 Å². The minimum absolute atomic E-state index is 0.0453. The molecule has 1 unspecified atom stereocenters. The summed E-state index contributed by atoms with van der Waals surface area (Å²) in [5, 5.41) is 9.96. The smallest absolute Gasteiger partial charge is 0.256 e. The highest BCUT2D eigenvalue weighted by molar-refractivity contribution is 6.06. The number of aromatic nitrogens is 2. The first-order valence-electron chi connectivity index (χ1n) is 8.42. The molecule has 3 saturated heterocycles. The van der Waals surface area contributed by atoms with Crippen LogP contribution < -0.4 is 0 Å². The Bertz CT molecular complexity index is 791. The maximum Gasteiger partial charge on any atom is 0.256 e. The minimum Gasteiger partial charge on any atom is -0.508 e. The Hall–Kier alpha value is -2.08. The summed E-state index contributed by atoms with van der Waals surface area (Å²) in [5.41, 5.74) is 2.15. The van der Waals surface area contributed by atoms with Gasteiger partial charge in [0, 0.05) is 31.7 Å². The highest BCUT2D eigenvalue weighted by Gasteiger charge is 2.40. The van der Waals surface area contributed by atoms with Crippen molar-refractivity contribution in [1.29, 1.82) is 0 Å². The van der Waals surface area contributed by atoms with Crippen molar-refractivity contribution < 1.29 is 9.90 Å². The van der Waals surface area contributed by atoms with E-state index in [0.29, 0.717) is 23.0 Å². The number of phenols is 1. The second kappa shape index (κ2) is 4.71. The fourth-order valence-corrected chi connectivity index (χ4v) is 4.60. The number of phenolic OH excluding ortho intramolecular Hbond substituents is 1. The molecule has 4 aliphatic rings. The van der Waals surface area contributed by atoms with Gasteiger partial charge >= 0.3 is 0 Å². The van der Waals surface area contributed by atoms with Gasteiger partial charge in [-0.1, -0.05) is 0 Å². The summed E-state index contributed by atoms with van der Waals surface area (Å²) in [6.07, 6.45) is 4.16. The highest BCUT2D eigenvalue weighted by atomic mass is 16.3. The fourth-order valence-electron chi connectivity index (χ4n) is 4.60. The quantitative estimate of drug-likeness (QED) is 0.862. The van der Waals surface area contributed by atoms with Crippen LogP contribution in [-0.2, 0) is 6.54 Å². The van der Waals surface area contributed by atoms with Gasteiger partial charge in [0.15, 0.2) is 0 Å². The second-order valence-electron chi connectivity index (χ2n) is 7.00. The first-order chi connectivity index (χ1) is 11.2. The lowest BCUT2D eigenvalue weighted by molar-refractivity contribution is 0.00724. The molecule has 1 aromatic carbocycles. The first-order valence-corrected chi connectivity index (χ1v) is 8.42. The molecule has 0 aliphatic carbocycles. The van der Waals surface area contributed by atoms with Gasteiger partial charge in [-0.15, -0.1) is 0 Å². The predicted molar refractivity (Wildman–Crippen MR) is 85.4 cm³/mol.